The molecule has 0 spiro atoms. The van der Waals surface area contributed by atoms with E-state index in [2.05, 4.69) is 5.32 Å². The average Bonchev–Trinajstić information content (AvgIpc) is 2.20. The molecule has 0 radical (unpaired) electrons. The van der Waals surface area contributed by atoms with Crippen molar-refractivity contribution >= 4 is 33.2 Å². The lowest BCUT2D eigenvalue weighted by Gasteiger charge is -2.08. The van der Waals surface area contributed by atoms with Crippen LogP contribution in [0.3, 0.4) is 0 Å². The van der Waals surface area contributed by atoms with Crippen LogP contribution in [0.1, 0.15) is 19.8 Å². The Balaban J connectivity index is 3.03. The predicted octanol–water partition coefficient (Wildman–Crippen LogP) is 1.73. The second-order valence-corrected chi connectivity index (χ2v) is 5.45. The maximum atomic E-state index is 11.4. The van der Waals surface area contributed by atoms with Crippen LogP contribution in [0.5, 0.6) is 0 Å². The highest BCUT2D eigenvalue weighted by Crippen LogP contribution is 2.24. The largest absolute Gasteiger partial charge is 0.325 e. The molecule has 0 saturated carbocycles. The van der Waals surface area contributed by atoms with Crippen molar-refractivity contribution in [2.24, 2.45) is 5.14 Å². The van der Waals surface area contributed by atoms with Crippen LogP contribution in [-0.2, 0) is 14.8 Å². The van der Waals surface area contributed by atoms with E-state index in [-0.39, 0.29) is 21.5 Å². The Morgan fingerprint density at radius 3 is 2.65 bits per heavy atom. The molecule has 0 aliphatic heterocycles. The molecule has 94 valence electrons. The number of primary sulfonamides is 1. The number of sulfonamides is 1. The van der Waals surface area contributed by atoms with Gasteiger partial charge < -0.3 is 5.32 Å². The maximum Gasteiger partial charge on any atom is 0.238 e. The van der Waals surface area contributed by atoms with Crippen LogP contribution in [0.2, 0.25) is 5.02 Å². The van der Waals surface area contributed by atoms with E-state index < -0.39 is 10.0 Å². The minimum absolute atomic E-state index is 0.0892. The van der Waals surface area contributed by atoms with Crippen molar-refractivity contribution in [3.8, 4) is 0 Å². The standard InChI is InChI=1S/C10H13ClN2O3S/c1-2-3-10(14)13-9-6-7(17(12,15)16)4-5-8(9)11/h4-6H,2-3H2,1H3,(H,13,14)(H2,12,15,16). The summed E-state index contributed by atoms with van der Waals surface area (Å²) >= 11 is 5.84. The first kappa shape index (κ1) is 14.0. The quantitative estimate of drug-likeness (QED) is 0.877. The lowest BCUT2D eigenvalue weighted by molar-refractivity contribution is -0.116. The Morgan fingerprint density at radius 2 is 2.12 bits per heavy atom. The van der Waals surface area contributed by atoms with Gasteiger partial charge in [-0.3, -0.25) is 4.79 Å². The number of nitrogens with two attached hydrogens (primary N) is 1. The van der Waals surface area contributed by atoms with Gasteiger partial charge >= 0.3 is 0 Å². The van der Waals surface area contributed by atoms with E-state index in [9.17, 15) is 13.2 Å². The van der Waals surface area contributed by atoms with E-state index in [1.165, 1.54) is 18.2 Å². The summed E-state index contributed by atoms with van der Waals surface area (Å²) in [5, 5.41) is 7.78. The summed E-state index contributed by atoms with van der Waals surface area (Å²) in [7, 11) is -3.80. The third-order valence-corrected chi connectivity index (χ3v) is 3.26. The fourth-order valence-corrected chi connectivity index (χ4v) is 1.92. The number of hydrogen-bond donors (Lipinski definition) is 2. The van der Waals surface area contributed by atoms with Gasteiger partial charge in [0.2, 0.25) is 15.9 Å². The molecule has 17 heavy (non-hydrogen) atoms. The highest BCUT2D eigenvalue weighted by molar-refractivity contribution is 7.89. The molecule has 0 saturated heterocycles. The molecule has 3 N–H and O–H groups in total. The van der Waals surface area contributed by atoms with Gasteiger partial charge in [0.05, 0.1) is 15.6 Å². The summed E-state index contributed by atoms with van der Waals surface area (Å²) in [4.78, 5) is 11.3. The van der Waals surface area contributed by atoms with E-state index in [0.29, 0.717) is 12.8 Å². The third kappa shape index (κ3) is 3.99. The van der Waals surface area contributed by atoms with Gasteiger partial charge in [0.1, 0.15) is 0 Å². The molecule has 0 fully saturated rings. The summed E-state index contributed by atoms with van der Waals surface area (Å²) in [6.45, 7) is 1.86. The first-order valence-electron chi connectivity index (χ1n) is 4.96. The molecular formula is C10H13ClN2O3S. The minimum atomic E-state index is -3.80. The van der Waals surface area contributed by atoms with Crippen LogP contribution in [0.4, 0.5) is 5.69 Å². The van der Waals surface area contributed by atoms with Gasteiger partial charge in [-0.1, -0.05) is 18.5 Å². The zero-order valence-corrected chi connectivity index (χ0v) is 10.8. The van der Waals surface area contributed by atoms with E-state index in [0.717, 1.165) is 0 Å². The summed E-state index contributed by atoms with van der Waals surface area (Å²) in [6.07, 6.45) is 1.04. The van der Waals surface area contributed by atoms with Crippen LogP contribution in [0.25, 0.3) is 0 Å². The van der Waals surface area contributed by atoms with Crippen molar-refractivity contribution in [2.75, 3.05) is 5.32 Å². The first-order chi connectivity index (χ1) is 7.84. The van der Waals surface area contributed by atoms with E-state index >= 15 is 0 Å². The highest BCUT2D eigenvalue weighted by Gasteiger charge is 2.12. The highest BCUT2D eigenvalue weighted by atomic mass is 35.5. The number of nitrogens with one attached hydrogen (secondary N) is 1. The molecule has 0 bridgehead atoms. The molecule has 5 nitrogen and oxygen atoms in total. The average molecular weight is 277 g/mol. The zero-order chi connectivity index (χ0) is 13.1. The van der Waals surface area contributed by atoms with Gasteiger partial charge in [0.15, 0.2) is 0 Å². The van der Waals surface area contributed by atoms with Gasteiger partial charge in [-0.15, -0.1) is 0 Å². The van der Waals surface area contributed by atoms with Gasteiger partial charge in [-0.25, -0.2) is 13.6 Å². The van der Waals surface area contributed by atoms with Crippen molar-refractivity contribution in [2.45, 2.75) is 24.7 Å². The van der Waals surface area contributed by atoms with Crippen molar-refractivity contribution < 1.29 is 13.2 Å². The fourth-order valence-electron chi connectivity index (χ4n) is 1.22. The van der Waals surface area contributed by atoms with Crippen LogP contribution < -0.4 is 10.5 Å². The number of anilines is 1. The smallest absolute Gasteiger partial charge is 0.238 e. The molecule has 0 unspecified atom stereocenters. The molecule has 0 aliphatic carbocycles. The lowest BCUT2D eigenvalue weighted by Crippen LogP contribution is -2.14. The molecule has 1 aromatic rings. The molecule has 1 aromatic carbocycles. The Bertz CT molecular complexity index is 528. The number of carbonyl (C=O) groups is 1. The zero-order valence-electron chi connectivity index (χ0n) is 9.23. The number of rotatable bonds is 4. The van der Waals surface area contributed by atoms with Crippen molar-refractivity contribution in [3.63, 3.8) is 0 Å². The summed E-state index contributed by atoms with van der Waals surface area (Å²) in [5.41, 5.74) is 0.247. The lowest BCUT2D eigenvalue weighted by atomic mass is 10.3. The number of halogens is 1. The number of hydrogen-bond acceptors (Lipinski definition) is 3. The van der Waals surface area contributed by atoms with Gasteiger partial charge in [0, 0.05) is 6.42 Å². The fraction of sp³-hybridized carbons (Fsp3) is 0.300. The van der Waals surface area contributed by atoms with Crippen molar-refractivity contribution in [1.29, 1.82) is 0 Å². The minimum Gasteiger partial charge on any atom is -0.325 e. The molecule has 0 atom stereocenters. The van der Waals surface area contributed by atoms with Crippen LogP contribution >= 0.6 is 11.6 Å². The monoisotopic (exact) mass is 276 g/mol. The molecule has 1 rings (SSSR count). The first-order valence-corrected chi connectivity index (χ1v) is 6.89. The van der Waals surface area contributed by atoms with E-state index in [1.54, 1.807) is 0 Å². The van der Waals surface area contributed by atoms with E-state index in [1.807, 2.05) is 6.92 Å². The van der Waals surface area contributed by atoms with E-state index in [4.69, 9.17) is 16.7 Å². The Hall–Kier alpha value is -1.11. The summed E-state index contributed by atoms with van der Waals surface area (Å²) < 4.78 is 22.3. The predicted molar refractivity (Wildman–Crippen MR) is 66.4 cm³/mol. The Kier molecular flexibility index (Phi) is 4.50. The van der Waals surface area contributed by atoms with Gasteiger partial charge in [-0.2, -0.15) is 0 Å². The van der Waals surface area contributed by atoms with Crippen molar-refractivity contribution in [1.82, 2.24) is 0 Å². The SMILES string of the molecule is CCCC(=O)Nc1cc(S(N)(=O)=O)ccc1Cl. The van der Waals surface area contributed by atoms with Gasteiger partial charge in [0.25, 0.3) is 0 Å². The number of benzene rings is 1. The van der Waals surface area contributed by atoms with Crippen molar-refractivity contribution in [3.05, 3.63) is 23.2 Å². The Morgan fingerprint density at radius 1 is 1.47 bits per heavy atom. The Labute approximate surface area is 105 Å². The molecule has 0 heterocycles. The second-order valence-electron chi connectivity index (χ2n) is 3.48. The van der Waals surface area contributed by atoms with Gasteiger partial charge in [-0.05, 0) is 24.6 Å². The second kappa shape index (κ2) is 5.48. The number of amides is 1. The third-order valence-electron chi connectivity index (χ3n) is 2.02. The van der Waals surface area contributed by atoms with Crippen LogP contribution in [0, 0.1) is 0 Å². The van der Waals surface area contributed by atoms with Crippen LogP contribution in [-0.4, -0.2) is 14.3 Å². The molecule has 0 aromatic heterocycles. The summed E-state index contributed by atoms with van der Waals surface area (Å²) in [5.74, 6) is -0.221. The normalized spacial score (nSPS) is 11.2. The van der Waals surface area contributed by atoms with Crippen LogP contribution in [0.15, 0.2) is 23.1 Å². The molecule has 7 heteroatoms. The molecule has 0 aliphatic rings. The molecular weight excluding hydrogens is 264 g/mol. The summed E-state index contributed by atoms with van der Waals surface area (Å²) in [6, 6.07) is 3.90. The topological polar surface area (TPSA) is 89.3 Å². The maximum absolute atomic E-state index is 11.4. The molecule has 1 amide bonds. The number of carbonyl (C=O) groups excluding carboxylic acids is 1.